The average Bonchev–Trinajstić information content (AvgIpc) is 2.38. The molecule has 0 heterocycles. The number of alkyl halides is 3. The summed E-state index contributed by atoms with van der Waals surface area (Å²) in [5, 5.41) is 3.29. The van der Waals surface area contributed by atoms with E-state index in [9.17, 15) is 13.2 Å². The minimum absolute atomic E-state index is 0.109. The van der Waals surface area contributed by atoms with Crippen molar-refractivity contribution in [2.45, 2.75) is 51.2 Å². The van der Waals surface area contributed by atoms with Crippen LogP contribution in [0.4, 0.5) is 18.9 Å². The molecular formula is C15H19ClF3N. The van der Waals surface area contributed by atoms with Gasteiger partial charge in [0.2, 0.25) is 0 Å². The summed E-state index contributed by atoms with van der Waals surface area (Å²) in [7, 11) is 0. The highest BCUT2D eigenvalue weighted by atomic mass is 35.5. The van der Waals surface area contributed by atoms with Crippen LogP contribution >= 0.6 is 11.6 Å². The van der Waals surface area contributed by atoms with Gasteiger partial charge in [-0.1, -0.05) is 30.9 Å². The number of benzene rings is 1. The van der Waals surface area contributed by atoms with Crippen molar-refractivity contribution in [3.8, 4) is 0 Å². The van der Waals surface area contributed by atoms with Crippen LogP contribution in [0.2, 0.25) is 5.02 Å². The van der Waals surface area contributed by atoms with Gasteiger partial charge in [-0.3, -0.25) is 0 Å². The first-order valence-corrected chi connectivity index (χ1v) is 7.38. The van der Waals surface area contributed by atoms with Crippen LogP contribution < -0.4 is 5.32 Å². The van der Waals surface area contributed by atoms with Crippen LogP contribution in [0.1, 0.15) is 44.6 Å². The predicted octanol–water partition coefficient (Wildman–Crippen LogP) is 5.74. The lowest BCUT2D eigenvalue weighted by atomic mass is 9.84. The highest BCUT2D eigenvalue weighted by Crippen LogP contribution is 2.34. The molecular weight excluding hydrogens is 287 g/mol. The minimum atomic E-state index is -4.37. The molecule has 2 rings (SSSR count). The monoisotopic (exact) mass is 305 g/mol. The Morgan fingerprint density at radius 1 is 1.15 bits per heavy atom. The van der Waals surface area contributed by atoms with Gasteiger partial charge < -0.3 is 5.32 Å². The van der Waals surface area contributed by atoms with Crippen molar-refractivity contribution in [1.29, 1.82) is 0 Å². The second-order valence-corrected chi connectivity index (χ2v) is 5.99. The predicted molar refractivity (Wildman–Crippen MR) is 76.1 cm³/mol. The van der Waals surface area contributed by atoms with Crippen LogP contribution in [-0.4, -0.2) is 6.04 Å². The smallest absolute Gasteiger partial charge is 0.382 e. The van der Waals surface area contributed by atoms with E-state index in [0.29, 0.717) is 11.6 Å². The number of rotatable bonds is 3. The maximum atomic E-state index is 12.8. The number of hydrogen-bond donors (Lipinski definition) is 1. The van der Waals surface area contributed by atoms with Gasteiger partial charge in [-0.2, -0.15) is 13.2 Å². The number of nitrogens with one attached hydrogen (secondary N) is 1. The summed E-state index contributed by atoms with van der Waals surface area (Å²) < 4.78 is 38.3. The molecule has 1 aromatic carbocycles. The molecule has 1 saturated carbocycles. The van der Waals surface area contributed by atoms with E-state index in [0.717, 1.165) is 25.0 Å². The summed E-state index contributed by atoms with van der Waals surface area (Å²) in [5.41, 5.74) is -0.258. The Morgan fingerprint density at radius 2 is 1.80 bits per heavy atom. The first kappa shape index (κ1) is 15.5. The van der Waals surface area contributed by atoms with E-state index in [4.69, 9.17) is 11.6 Å². The van der Waals surface area contributed by atoms with Crippen molar-refractivity contribution in [2.75, 3.05) is 5.32 Å². The van der Waals surface area contributed by atoms with Crippen LogP contribution in [0.15, 0.2) is 18.2 Å². The first-order valence-electron chi connectivity index (χ1n) is 7.00. The maximum absolute atomic E-state index is 12.8. The van der Waals surface area contributed by atoms with E-state index < -0.39 is 11.7 Å². The summed E-state index contributed by atoms with van der Waals surface area (Å²) in [6.07, 6.45) is 1.59. The van der Waals surface area contributed by atoms with Gasteiger partial charge in [0.25, 0.3) is 0 Å². The van der Waals surface area contributed by atoms with Gasteiger partial charge >= 0.3 is 6.18 Å². The Labute approximate surface area is 122 Å². The zero-order chi connectivity index (χ0) is 14.8. The van der Waals surface area contributed by atoms with E-state index >= 15 is 0 Å². The molecule has 20 heavy (non-hydrogen) atoms. The van der Waals surface area contributed by atoms with Crippen molar-refractivity contribution in [3.63, 3.8) is 0 Å². The Hall–Kier alpha value is -0.900. The van der Waals surface area contributed by atoms with Gasteiger partial charge in [-0.25, -0.2) is 0 Å². The lowest BCUT2D eigenvalue weighted by molar-refractivity contribution is -0.137. The molecule has 1 nitrogen and oxygen atoms in total. The van der Waals surface area contributed by atoms with Crippen LogP contribution in [0.3, 0.4) is 0 Å². The van der Waals surface area contributed by atoms with E-state index in [-0.39, 0.29) is 11.1 Å². The SMILES string of the molecule is CC(Nc1cc(Cl)cc(C(F)(F)F)c1)C1CCCCC1. The van der Waals surface area contributed by atoms with E-state index in [1.807, 2.05) is 6.92 Å². The summed E-state index contributed by atoms with van der Waals surface area (Å²) in [6.45, 7) is 2.03. The van der Waals surface area contributed by atoms with E-state index in [2.05, 4.69) is 5.32 Å². The molecule has 0 saturated heterocycles. The fraction of sp³-hybridized carbons (Fsp3) is 0.600. The van der Waals surface area contributed by atoms with Gasteiger partial charge in [0.05, 0.1) is 5.56 Å². The normalized spacial score (nSPS) is 18.9. The van der Waals surface area contributed by atoms with Crippen LogP contribution in [-0.2, 0) is 6.18 Å². The summed E-state index contributed by atoms with van der Waals surface area (Å²) in [5.74, 6) is 0.525. The van der Waals surface area contributed by atoms with Gasteiger partial charge in [0, 0.05) is 16.8 Å². The Kier molecular flexibility index (Phi) is 4.84. The van der Waals surface area contributed by atoms with E-state index in [1.54, 1.807) is 6.07 Å². The molecule has 1 N–H and O–H groups in total. The first-order chi connectivity index (χ1) is 9.36. The van der Waals surface area contributed by atoms with Gasteiger partial charge in [0.1, 0.15) is 0 Å². The molecule has 1 aliphatic rings. The van der Waals surface area contributed by atoms with Crippen LogP contribution in [0.5, 0.6) is 0 Å². The standard InChI is InChI=1S/C15H19ClF3N/c1-10(11-5-3-2-4-6-11)20-14-8-12(15(17,18)19)7-13(16)9-14/h7-11,20H,2-6H2,1H3. The minimum Gasteiger partial charge on any atom is -0.382 e. The molecule has 0 bridgehead atoms. The van der Waals surface area contributed by atoms with Gasteiger partial charge in [-0.15, -0.1) is 0 Å². The van der Waals surface area contributed by atoms with Gasteiger partial charge in [0.15, 0.2) is 0 Å². The Morgan fingerprint density at radius 3 is 2.40 bits per heavy atom. The molecule has 1 aromatic rings. The van der Waals surface area contributed by atoms with E-state index in [1.165, 1.54) is 19.3 Å². The molecule has 1 fully saturated rings. The molecule has 0 aromatic heterocycles. The second kappa shape index (κ2) is 6.25. The fourth-order valence-corrected chi connectivity index (χ4v) is 3.09. The van der Waals surface area contributed by atoms with Crippen LogP contribution in [0.25, 0.3) is 0 Å². The molecule has 0 spiro atoms. The molecule has 1 atom stereocenters. The molecule has 0 amide bonds. The average molecular weight is 306 g/mol. The molecule has 1 aliphatic carbocycles. The number of anilines is 1. The molecule has 5 heteroatoms. The summed E-state index contributed by atoms with van der Waals surface area (Å²) >= 11 is 5.79. The zero-order valence-corrected chi connectivity index (χ0v) is 12.2. The summed E-state index contributed by atoms with van der Waals surface area (Å²) in [6, 6.07) is 3.80. The molecule has 0 radical (unpaired) electrons. The van der Waals surface area contributed by atoms with Crippen LogP contribution in [0, 0.1) is 5.92 Å². The van der Waals surface area contributed by atoms with Crippen molar-refractivity contribution >= 4 is 17.3 Å². The molecule has 0 aliphatic heterocycles. The quantitative estimate of drug-likeness (QED) is 0.751. The van der Waals surface area contributed by atoms with Gasteiger partial charge in [-0.05, 0) is 43.9 Å². The van der Waals surface area contributed by atoms with Crippen molar-refractivity contribution in [1.82, 2.24) is 0 Å². The second-order valence-electron chi connectivity index (χ2n) is 5.56. The van der Waals surface area contributed by atoms with Crippen molar-refractivity contribution in [2.24, 2.45) is 5.92 Å². The fourth-order valence-electron chi connectivity index (χ4n) is 2.85. The molecule has 112 valence electrons. The number of hydrogen-bond acceptors (Lipinski definition) is 1. The Bertz CT molecular complexity index is 453. The third kappa shape index (κ3) is 4.05. The summed E-state index contributed by atoms with van der Waals surface area (Å²) in [4.78, 5) is 0. The Balaban J connectivity index is 2.10. The molecule has 1 unspecified atom stereocenters. The zero-order valence-electron chi connectivity index (χ0n) is 11.4. The highest BCUT2D eigenvalue weighted by molar-refractivity contribution is 6.30. The maximum Gasteiger partial charge on any atom is 0.416 e. The third-order valence-corrected chi connectivity index (χ3v) is 4.19. The largest absolute Gasteiger partial charge is 0.416 e. The van der Waals surface area contributed by atoms with Crippen molar-refractivity contribution < 1.29 is 13.2 Å². The highest BCUT2D eigenvalue weighted by Gasteiger charge is 2.31. The lowest BCUT2D eigenvalue weighted by Gasteiger charge is -2.29. The number of halogens is 4. The third-order valence-electron chi connectivity index (χ3n) is 3.98. The lowest BCUT2D eigenvalue weighted by Crippen LogP contribution is -2.27. The topological polar surface area (TPSA) is 12.0 Å². The van der Waals surface area contributed by atoms with Crippen molar-refractivity contribution in [3.05, 3.63) is 28.8 Å².